The van der Waals surface area contributed by atoms with Crippen LogP contribution >= 0.6 is 0 Å². The van der Waals surface area contributed by atoms with E-state index in [2.05, 4.69) is 10.4 Å². The molecule has 1 aromatic heterocycles. The summed E-state index contributed by atoms with van der Waals surface area (Å²) < 4.78 is 54.3. The van der Waals surface area contributed by atoms with Gasteiger partial charge in [-0.15, -0.1) is 0 Å². The Hall–Kier alpha value is -3.40. The van der Waals surface area contributed by atoms with E-state index in [0.29, 0.717) is 28.9 Å². The number of nitrogens with one attached hydrogen (secondary N) is 1. The summed E-state index contributed by atoms with van der Waals surface area (Å²) in [6.45, 7) is -0.163. The fraction of sp³-hybridized carbons (Fsp3) is 0.304. The molecule has 0 spiro atoms. The van der Waals surface area contributed by atoms with Crippen LogP contribution in [0.4, 0.5) is 23.2 Å². The van der Waals surface area contributed by atoms with Gasteiger partial charge >= 0.3 is 6.18 Å². The van der Waals surface area contributed by atoms with Crippen LogP contribution in [0, 0.1) is 0 Å². The fourth-order valence-electron chi connectivity index (χ4n) is 4.08. The predicted octanol–water partition coefficient (Wildman–Crippen LogP) is 4.00. The van der Waals surface area contributed by atoms with Gasteiger partial charge in [-0.05, 0) is 28.8 Å². The van der Waals surface area contributed by atoms with Crippen LogP contribution in [0.1, 0.15) is 16.7 Å². The van der Waals surface area contributed by atoms with Crippen LogP contribution in [-0.2, 0) is 24.9 Å². The lowest BCUT2D eigenvalue weighted by molar-refractivity contribution is -0.147. The Balaban J connectivity index is 1.47. The lowest BCUT2D eigenvalue weighted by atomic mass is 9.98. The molecule has 0 bridgehead atoms. The summed E-state index contributed by atoms with van der Waals surface area (Å²) in [6, 6.07) is 5.08. The first-order valence-corrected chi connectivity index (χ1v) is 10.3. The topological polar surface area (TPSA) is 53.4 Å². The standard InChI is InChI=1S/C23H23F4N5O/c1-30-9-16(22(20(24)13-30)18-8-28-31(2)10-18)4-6-21(33)29-19-5-3-15-11-32(12-17(15)7-19)14-23(25,26)27/h3-8,10,13H,9,11-12,14H2,1-2H3,(H,29,33)/b6-4+. The van der Waals surface area contributed by atoms with Gasteiger partial charge in [0.05, 0.1) is 12.7 Å². The van der Waals surface area contributed by atoms with Crippen molar-refractivity contribution in [1.82, 2.24) is 19.6 Å². The summed E-state index contributed by atoms with van der Waals surface area (Å²) in [5.74, 6) is -0.838. The average molecular weight is 461 g/mol. The van der Waals surface area contributed by atoms with E-state index in [1.165, 1.54) is 17.2 Å². The van der Waals surface area contributed by atoms with E-state index >= 15 is 0 Å². The minimum atomic E-state index is -4.25. The molecule has 0 fully saturated rings. The molecule has 0 saturated carbocycles. The van der Waals surface area contributed by atoms with Crippen LogP contribution in [0.5, 0.6) is 0 Å². The zero-order valence-electron chi connectivity index (χ0n) is 18.2. The molecule has 174 valence electrons. The molecule has 0 radical (unpaired) electrons. The molecular weight excluding hydrogens is 438 g/mol. The third-order valence-corrected chi connectivity index (χ3v) is 5.41. The van der Waals surface area contributed by atoms with Gasteiger partial charge in [0.1, 0.15) is 5.83 Å². The molecular formula is C23H23F4N5O. The Bertz CT molecular complexity index is 1160. The molecule has 1 amide bonds. The Labute approximate surface area is 188 Å². The van der Waals surface area contributed by atoms with Gasteiger partial charge in [0, 0.05) is 69.0 Å². The lowest BCUT2D eigenvalue weighted by Gasteiger charge is -2.23. The first-order valence-electron chi connectivity index (χ1n) is 10.3. The second kappa shape index (κ2) is 8.86. The number of hydrogen-bond donors (Lipinski definition) is 1. The number of amides is 1. The maximum atomic E-state index is 14.7. The Morgan fingerprint density at radius 3 is 2.64 bits per heavy atom. The number of alkyl halides is 3. The quantitative estimate of drug-likeness (QED) is 0.540. The normalized spacial score (nSPS) is 17.0. The third kappa shape index (κ3) is 5.51. The molecule has 2 aromatic rings. The van der Waals surface area contributed by atoms with Gasteiger partial charge in [-0.25, -0.2) is 4.39 Å². The van der Waals surface area contributed by atoms with E-state index in [-0.39, 0.29) is 13.1 Å². The van der Waals surface area contributed by atoms with Crippen molar-refractivity contribution in [2.75, 3.05) is 25.5 Å². The summed E-state index contributed by atoms with van der Waals surface area (Å²) in [5.41, 5.74) is 3.67. The predicted molar refractivity (Wildman–Crippen MR) is 116 cm³/mol. The Morgan fingerprint density at radius 1 is 1.18 bits per heavy atom. The number of fused-ring (bicyclic) bond motifs is 1. The lowest BCUT2D eigenvalue weighted by Crippen LogP contribution is -2.29. The highest BCUT2D eigenvalue weighted by molar-refractivity contribution is 6.00. The second-order valence-electron chi connectivity index (χ2n) is 8.26. The summed E-state index contributed by atoms with van der Waals surface area (Å²) in [6.07, 6.45) is 3.30. The van der Waals surface area contributed by atoms with E-state index < -0.39 is 24.5 Å². The maximum Gasteiger partial charge on any atom is 0.401 e. The molecule has 0 unspecified atom stereocenters. The van der Waals surface area contributed by atoms with Gasteiger partial charge in [-0.1, -0.05) is 12.1 Å². The number of rotatable bonds is 5. The van der Waals surface area contributed by atoms with E-state index in [4.69, 9.17) is 0 Å². The zero-order valence-corrected chi connectivity index (χ0v) is 18.2. The molecule has 3 heterocycles. The molecule has 1 N–H and O–H groups in total. The molecule has 0 saturated heterocycles. The second-order valence-corrected chi connectivity index (χ2v) is 8.26. The maximum absolute atomic E-state index is 14.7. The average Bonchev–Trinajstić information content (AvgIpc) is 3.29. The van der Waals surface area contributed by atoms with Gasteiger partial charge in [0.25, 0.3) is 0 Å². The summed E-state index contributed by atoms with van der Waals surface area (Å²) >= 11 is 0. The smallest absolute Gasteiger partial charge is 0.374 e. The number of halogens is 4. The van der Waals surface area contributed by atoms with Crippen molar-refractivity contribution in [2.45, 2.75) is 19.3 Å². The Kier molecular flexibility index (Phi) is 6.11. The van der Waals surface area contributed by atoms with Crippen LogP contribution in [0.3, 0.4) is 0 Å². The highest BCUT2D eigenvalue weighted by Crippen LogP contribution is 2.32. The van der Waals surface area contributed by atoms with Gasteiger partial charge in [-0.2, -0.15) is 18.3 Å². The van der Waals surface area contributed by atoms with E-state index in [1.807, 2.05) is 0 Å². The van der Waals surface area contributed by atoms with Crippen molar-refractivity contribution in [3.05, 3.63) is 77.0 Å². The number of aromatic nitrogens is 2. The molecule has 0 atom stereocenters. The van der Waals surface area contributed by atoms with Crippen LogP contribution < -0.4 is 5.32 Å². The molecule has 4 rings (SSSR count). The molecule has 2 aliphatic heterocycles. The number of benzene rings is 1. The molecule has 1 aromatic carbocycles. The molecule has 10 heteroatoms. The van der Waals surface area contributed by atoms with Crippen molar-refractivity contribution in [2.24, 2.45) is 7.05 Å². The minimum Gasteiger partial charge on any atom is -0.374 e. The summed E-state index contributed by atoms with van der Waals surface area (Å²) in [5, 5.41) is 6.82. The number of carbonyl (C=O) groups is 1. The van der Waals surface area contributed by atoms with Gasteiger partial charge in [-0.3, -0.25) is 14.4 Å². The SMILES string of the molecule is CN1C=C(F)C(c2cnn(C)c2)=C(/C=C/C(=O)Nc2ccc3c(c2)CN(CC(F)(F)F)C3)C1. The van der Waals surface area contributed by atoms with Crippen LogP contribution in [0.25, 0.3) is 5.57 Å². The van der Waals surface area contributed by atoms with Crippen molar-refractivity contribution in [1.29, 1.82) is 0 Å². The number of aryl methyl sites for hydroxylation is 1. The largest absolute Gasteiger partial charge is 0.401 e. The molecule has 6 nitrogen and oxygen atoms in total. The van der Waals surface area contributed by atoms with Gasteiger partial charge in [0.2, 0.25) is 5.91 Å². The number of likely N-dealkylation sites (N-methyl/N-ethyl adjacent to an activating group) is 1. The number of allylic oxidation sites excluding steroid dienone is 2. The number of anilines is 1. The summed E-state index contributed by atoms with van der Waals surface area (Å²) in [4.78, 5) is 15.5. The third-order valence-electron chi connectivity index (χ3n) is 5.41. The monoisotopic (exact) mass is 461 g/mol. The van der Waals surface area contributed by atoms with Crippen molar-refractivity contribution in [3.8, 4) is 0 Å². The van der Waals surface area contributed by atoms with Crippen molar-refractivity contribution in [3.63, 3.8) is 0 Å². The van der Waals surface area contributed by atoms with Crippen LogP contribution in [0.15, 0.2) is 60.3 Å². The molecule has 0 aliphatic carbocycles. The highest BCUT2D eigenvalue weighted by Gasteiger charge is 2.33. The first-order chi connectivity index (χ1) is 15.6. The van der Waals surface area contributed by atoms with Gasteiger partial charge < -0.3 is 10.2 Å². The molecule has 2 aliphatic rings. The van der Waals surface area contributed by atoms with E-state index in [0.717, 1.165) is 11.1 Å². The zero-order chi connectivity index (χ0) is 23.8. The first kappa shape index (κ1) is 22.8. The van der Waals surface area contributed by atoms with Gasteiger partial charge in [0.15, 0.2) is 0 Å². The minimum absolute atomic E-state index is 0.174. The van der Waals surface area contributed by atoms with E-state index in [9.17, 15) is 22.4 Å². The van der Waals surface area contributed by atoms with Crippen molar-refractivity contribution >= 4 is 17.2 Å². The van der Waals surface area contributed by atoms with Crippen LogP contribution in [0.2, 0.25) is 0 Å². The fourth-order valence-corrected chi connectivity index (χ4v) is 4.08. The Morgan fingerprint density at radius 2 is 1.94 bits per heavy atom. The number of nitrogens with zero attached hydrogens (tertiary/aromatic N) is 4. The summed E-state index contributed by atoms with van der Waals surface area (Å²) in [7, 11) is 3.47. The van der Waals surface area contributed by atoms with E-state index in [1.54, 1.807) is 60.3 Å². The molecule has 33 heavy (non-hydrogen) atoms. The number of carbonyl (C=O) groups excluding carboxylic acids is 1. The van der Waals surface area contributed by atoms with Crippen LogP contribution in [-0.4, -0.2) is 51.8 Å². The van der Waals surface area contributed by atoms with Crippen molar-refractivity contribution < 1.29 is 22.4 Å². The highest BCUT2D eigenvalue weighted by atomic mass is 19.4. The number of hydrogen-bond acceptors (Lipinski definition) is 4.